The Labute approximate surface area is 193 Å². The van der Waals surface area contributed by atoms with Gasteiger partial charge in [-0.15, -0.1) is 0 Å². The van der Waals surface area contributed by atoms with E-state index < -0.39 is 12.1 Å². The summed E-state index contributed by atoms with van der Waals surface area (Å²) in [6.45, 7) is 1.49. The van der Waals surface area contributed by atoms with E-state index in [4.69, 9.17) is 9.84 Å². The Hall–Kier alpha value is -3.61. The van der Waals surface area contributed by atoms with Crippen molar-refractivity contribution in [2.24, 2.45) is 5.92 Å². The van der Waals surface area contributed by atoms with Crippen LogP contribution in [0.4, 0.5) is 4.79 Å². The van der Waals surface area contributed by atoms with E-state index in [-0.39, 0.29) is 37.3 Å². The number of carboxylic acids is 1. The number of nitrogens with one attached hydrogen (secondary N) is 1. The van der Waals surface area contributed by atoms with Gasteiger partial charge in [0.1, 0.15) is 6.61 Å². The van der Waals surface area contributed by atoms with Gasteiger partial charge in [0.05, 0.1) is 0 Å². The van der Waals surface area contributed by atoms with Gasteiger partial charge in [-0.05, 0) is 41.0 Å². The molecule has 2 amide bonds. The lowest BCUT2D eigenvalue weighted by atomic mass is 9.95. The topological polar surface area (TPSA) is 95.9 Å². The summed E-state index contributed by atoms with van der Waals surface area (Å²) in [5.41, 5.74) is 4.65. The number of nitrogens with zero attached hydrogens (tertiary/aromatic N) is 1. The van der Waals surface area contributed by atoms with Gasteiger partial charge in [0, 0.05) is 38.0 Å². The van der Waals surface area contributed by atoms with E-state index in [0.29, 0.717) is 13.1 Å². The summed E-state index contributed by atoms with van der Waals surface area (Å²) < 4.78 is 5.48. The average molecular weight is 449 g/mol. The van der Waals surface area contributed by atoms with Gasteiger partial charge in [-0.1, -0.05) is 54.6 Å². The number of benzene rings is 2. The molecular weight excluding hydrogens is 420 g/mol. The number of amides is 2. The smallest absolute Gasteiger partial charge is 0.407 e. The molecule has 1 fully saturated rings. The molecule has 1 aliphatic carbocycles. The van der Waals surface area contributed by atoms with Crippen molar-refractivity contribution < 1.29 is 24.2 Å². The number of fused-ring (bicyclic) bond motifs is 3. The highest BCUT2D eigenvalue weighted by atomic mass is 16.5. The number of carboxylic acid groups (broad SMARTS) is 1. The van der Waals surface area contributed by atoms with Crippen molar-refractivity contribution in [3.8, 4) is 11.1 Å². The Kier molecular flexibility index (Phi) is 7.07. The van der Waals surface area contributed by atoms with Crippen LogP contribution in [0.15, 0.2) is 60.7 Å². The van der Waals surface area contributed by atoms with Crippen molar-refractivity contribution >= 4 is 18.0 Å². The van der Waals surface area contributed by atoms with Crippen LogP contribution in [0.1, 0.15) is 36.3 Å². The highest BCUT2D eigenvalue weighted by Crippen LogP contribution is 2.44. The van der Waals surface area contributed by atoms with E-state index in [9.17, 15) is 14.4 Å². The van der Waals surface area contributed by atoms with E-state index in [1.807, 2.05) is 24.3 Å². The van der Waals surface area contributed by atoms with Crippen LogP contribution < -0.4 is 5.32 Å². The lowest BCUT2D eigenvalue weighted by molar-refractivity contribution is -0.139. The first-order valence-electron chi connectivity index (χ1n) is 11.3. The minimum absolute atomic E-state index is 0.00174. The van der Waals surface area contributed by atoms with Crippen LogP contribution in [0.5, 0.6) is 0 Å². The predicted molar refractivity (Wildman–Crippen MR) is 124 cm³/mol. The fourth-order valence-electron chi connectivity index (χ4n) is 4.74. The minimum Gasteiger partial charge on any atom is -0.481 e. The minimum atomic E-state index is -0.836. The molecule has 2 aliphatic rings. The van der Waals surface area contributed by atoms with Gasteiger partial charge < -0.3 is 20.1 Å². The summed E-state index contributed by atoms with van der Waals surface area (Å²) in [5.74, 6) is -1.01. The summed E-state index contributed by atoms with van der Waals surface area (Å²) in [7, 11) is 0. The summed E-state index contributed by atoms with van der Waals surface area (Å²) in [5, 5.41) is 11.6. The Morgan fingerprint density at radius 3 is 2.39 bits per heavy atom. The highest BCUT2D eigenvalue weighted by molar-refractivity contribution is 5.87. The maximum atomic E-state index is 12.4. The zero-order chi connectivity index (χ0) is 23.2. The number of ether oxygens (including phenoxy) is 1. The van der Waals surface area contributed by atoms with Gasteiger partial charge in [-0.2, -0.15) is 0 Å². The van der Waals surface area contributed by atoms with E-state index in [1.54, 1.807) is 11.0 Å². The lowest BCUT2D eigenvalue weighted by Gasteiger charge is -2.31. The van der Waals surface area contributed by atoms with Crippen molar-refractivity contribution in [3.63, 3.8) is 0 Å². The normalized spacial score (nSPS) is 17.5. The molecule has 4 rings (SSSR count). The Morgan fingerprint density at radius 2 is 1.73 bits per heavy atom. The second-order valence-corrected chi connectivity index (χ2v) is 8.50. The van der Waals surface area contributed by atoms with E-state index in [1.165, 1.54) is 17.2 Å². The number of carbonyl (C=O) groups excluding carboxylic acids is 2. The van der Waals surface area contributed by atoms with Gasteiger partial charge in [-0.3, -0.25) is 9.59 Å². The van der Waals surface area contributed by atoms with Crippen LogP contribution in [-0.2, 0) is 14.3 Å². The zero-order valence-corrected chi connectivity index (χ0v) is 18.4. The van der Waals surface area contributed by atoms with Crippen LogP contribution in [0.2, 0.25) is 0 Å². The molecule has 172 valence electrons. The molecule has 7 nitrogen and oxygen atoms in total. The van der Waals surface area contributed by atoms with Crippen molar-refractivity contribution in [1.82, 2.24) is 10.2 Å². The summed E-state index contributed by atoms with van der Waals surface area (Å²) in [4.78, 5) is 37.1. The molecule has 7 heteroatoms. The molecular formula is C26H28N2O5. The predicted octanol–water partition coefficient (Wildman–Crippen LogP) is 3.79. The number of aliphatic carboxylic acids is 1. The second-order valence-electron chi connectivity index (χ2n) is 8.50. The number of alkyl carbamates (subject to hydrolysis) is 1. The molecule has 0 saturated carbocycles. The number of piperidine rings is 1. The van der Waals surface area contributed by atoms with Crippen LogP contribution in [-0.4, -0.2) is 54.2 Å². The molecule has 2 aromatic rings. The fraction of sp³-hybridized carbons (Fsp3) is 0.346. The first kappa shape index (κ1) is 22.6. The third-order valence-electron chi connectivity index (χ3n) is 6.26. The first-order chi connectivity index (χ1) is 16.0. The first-order valence-corrected chi connectivity index (χ1v) is 11.3. The Balaban J connectivity index is 1.24. The van der Waals surface area contributed by atoms with Crippen LogP contribution in [0.25, 0.3) is 11.1 Å². The van der Waals surface area contributed by atoms with E-state index in [2.05, 4.69) is 29.6 Å². The highest BCUT2D eigenvalue weighted by Gasteiger charge is 2.29. The standard InChI is InChI=1S/C26H28N2O5/c29-24(28-14-6-7-18(16-28)15-25(30)31)12-5-13-27-26(32)33-17-23-21-10-3-1-8-19(21)20-9-2-4-11-22(20)23/h1-5,8-12,18,23H,6-7,13-17H2,(H,27,32)(H,30,31)/b12-5+. The molecule has 1 unspecified atom stereocenters. The second kappa shape index (κ2) is 10.3. The third kappa shape index (κ3) is 5.42. The van der Waals surface area contributed by atoms with Crippen LogP contribution in [0.3, 0.4) is 0 Å². The molecule has 1 heterocycles. The van der Waals surface area contributed by atoms with E-state index >= 15 is 0 Å². The number of carbonyl (C=O) groups is 3. The van der Waals surface area contributed by atoms with Crippen molar-refractivity contribution in [2.75, 3.05) is 26.2 Å². The third-order valence-corrected chi connectivity index (χ3v) is 6.26. The monoisotopic (exact) mass is 448 g/mol. The van der Waals surface area contributed by atoms with Crippen molar-refractivity contribution in [3.05, 3.63) is 71.8 Å². The van der Waals surface area contributed by atoms with E-state index in [0.717, 1.165) is 24.0 Å². The molecule has 0 aromatic heterocycles. The maximum absolute atomic E-state index is 12.4. The Bertz CT molecular complexity index is 1020. The molecule has 0 bridgehead atoms. The van der Waals surface area contributed by atoms with Gasteiger partial charge >= 0.3 is 12.1 Å². The fourth-order valence-corrected chi connectivity index (χ4v) is 4.74. The van der Waals surface area contributed by atoms with Gasteiger partial charge in [0.15, 0.2) is 0 Å². The molecule has 0 spiro atoms. The number of hydrogen-bond acceptors (Lipinski definition) is 4. The SMILES string of the molecule is O=C(O)CC1CCCN(C(=O)/C=C/CNC(=O)OCC2c3ccccc3-c3ccccc32)C1. The van der Waals surface area contributed by atoms with Gasteiger partial charge in [0.25, 0.3) is 0 Å². The van der Waals surface area contributed by atoms with Gasteiger partial charge in [-0.25, -0.2) is 4.79 Å². The zero-order valence-electron chi connectivity index (χ0n) is 18.4. The summed E-state index contributed by atoms with van der Waals surface area (Å²) in [6, 6.07) is 16.3. The summed E-state index contributed by atoms with van der Waals surface area (Å²) >= 11 is 0. The largest absolute Gasteiger partial charge is 0.481 e. The summed E-state index contributed by atoms with van der Waals surface area (Å²) in [6.07, 6.45) is 4.18. The quantitative estimate of drug-likeness (QED) is 0.629. The number of hydrogen-bond donors (Lipinski definition) is 2. The Morgan fingerprint density at radius 1 is 1.06 bits per heavy atom. The molecule has 1 aliphatic heterocycles. The molecule has 1 atom stereocenters. The number of rotatable bonds is 7. The number of likely N-dealkylation sites (tertiary alicyclic amines) is 1. The van der Waals surface area contributed by atoms with Crippen LogP contribution in [0, 0.1) is 5.92 Å². The molecule has 2 N–H and O–H groups in total. The van der Waals surface area contributed by atoms with Crippen LogP contribution >= 0.6 is 0 Å². The average Bonchev–Trinajstić information content (AvgIpc) is 3.14. The van der Waals surface area contributed by atoms with Gasteiger partial charge in [0.2, 0.25) is 5.91 Å². The molecule has 0 radical (unpaired) electrons. The lowest BCUT2D eigenvalue weighted by Crippen LogP contribution is -2.39. The molecule has 2 aromatic carbocycles. The van der Waals surface area contributed by atoms with Crippen molar-refractivity contribution in [1.29, 1.82) is 0 Å². The molecule has 33 heavy (non-hydrogen) atoms. The molecule has 1 saturated heterocycles. The maximum Gasteiger partial charge on any atom is 0.407 e. The van der Waals surface area contributed by atoms with Crippen molar-refractivity contribution in [2.45, 2.75) is 25.2 Å².